The van der Waals surface area contributed by atoms with E-state index in [-0.39, 0.29) is 0 Å². The van der Waals surface area contributed by atoms with Crippen LogP contribution in [0.5, 0.6) is 5.75 Å². The molecular formula is C15H25BN2O. The molecule has 1 aliphatic rings. The lowest BCUT2D eigenvalue weighted by atomic mass is 9.88. The van der Waals surface area contributed by atoms with Gasteiger partial charge in [-0.05, 0) is 42.4 Å². The van der Waals surface area contributed by atoms with Gasteiger partial charge < -0.3 is 15.7 Å². The summed E-state index contributed by atoms with van der Waals surface area (Å²) in [4.78, 5) is 2.39. The second kappa shape index (κ2) is 6.44. The van der Waals surface area contributed by atoms with Crippen LogP contribution in [0, 0.1) is 12.8 Å². The Balaban J connectivity index is 1.96. The van der Waals surface area contributed by atoms with E-state index in [1.54, 1.807) is 0 Å². The Kier molecular flexibility index (Phi) is 4.89. The minimum Gasteiger partial charge on any atom is -0.507 e. The van der Waals surface area contributed by atoms with Gasteiger partial charge in [0.15, 0.2) is 0 Å². The number of nitrogens with two attached hydrogens (primary N) is 1. The first kappa shape index (κ1) is 14.4. The molecule has 104 valence electrons. The van der Waals surface area contributed by atoms with Gasteiger partial charge in [0.25, 0.3) is 0 Å². The van der Waals surface area contributed by atoms with E-state index in [2.05, 4.69) is 24.9 Å². The third-order valence-electron chi connectivity index (χ3n) is 4.13. The van der Waals surface area contributed by atoms with Crippen molar-refractivity contribution in [1.29, 1.82) is 0 Å². The molecule has 1 aromatic carbocycles. The number of aromatic hydroxyl groups is 1. The summed E-state index contributed by atoms with van der Waals surface area (Å²) in [5, 5.41) is 10.2. The van der Waals surface area contributed by atoms with Crippen molar-refractivity contribution in [3.63, 3.8) is 0 Å². The van der Waals surface area contributed by atoms with E-state index in [1.165, 1.54) is 5.56 Å². The monoisotopic (exact) mass is 260 g/mol. The summed E-state index contributed by atoms with van der Waals surface area (Å²) in [6, 6.07) is 4.29. The molecule has 0 radical (unpaired) electrons. The molecule has 3 nitrogen and oxygen atoms in total. The summed E-state index contributed by atoms with van der Waals surface area (Å²) >= 11 is 0. The van der Waals surface area contributed by atoms with Gasteiger partial charge in [-0.15, -0.1) is 0 Å². The van der Waals surface area contributed by atoms with Crippen molar-refractivity contribution in [2.45, 2.75) is 26.1 Å². The molecule has 0 aromatic heterocycles. The maximum atomic E-state index is 10.2. The molecular weight excluding hydrogens is 235 g/mol. The van der Waals surface area contributed by atoms with E-state index in [0.717, 1.165) is 62.4 Å². The topological polar surface area (TPSA) is 49.5 Å². The first-order valence-electron chi connectivity index (χ1n) is 7.38. The third-order valence-corrected chi connectivity index (χ3v) is 4.13. The van der Waals surface area contributed by atoms with Gasteiger partial charge in [0.05, 0.1) is 0 Å². The van der Waals surface area contributed by atoms with Crippen LogP contribution in [0.3, 0.4) is 0 Å². The van der Waals surface area contributed by atoms with E-state index in [0.29, 0.717) is 5.75 Å². The lowest BCUT2D eigenvalue weighted by Crippen LogP contribution is -2.49. The lowest BCUT2D eigenvalue weighted by Gasteiger charge is -2.39. The second-order valence-electron chi connectivity index (χ2n) is 5.73. The first-order valence-corrected chi connectivity index (χ1v) is 7.38. The molecule has 2 rings (SSSR count). The Bertz CT molecular complexity index is 430. The van der Waals surface area contributed by atoms with Gasteiger partial charge in [0.2, 0.25) is 0 Å². The van der Waals surface area contributed by atoms with Crippen LogP contribution in [0.2, 0.25) is 6.32 Å². The zero-order valence-corrected chi connectivity index (χ0v) is 12.2. The van der Waals surface area contributed by atoms with Crippen molar-refractivity contribution in [3.05, 3.63) is 28.8 Å². The molecule has 0 amide bonds. The first-order chi connectivity index (χ1) is 9.15. The van der Waals surface area contributed by atoms with Crippen LogP contribution in [-0.2, 0) is 12.8 Å². The zero-order valence-electron chi connectivity index (χ0n) is 12.2. The SMILES string of the molecule is BCCc1ccc(CC2CN(CCN)C2)c(C)c1O. The predicted octanol–water partition coefficient (Wildman–Crippen LogP) is 0.728. The summed E-state index contributed by atoms with van der Waals surface area (Å²) in [6.45, 7) is 6.09. The third kappa shape index (κ3) is 3.31. The Hall–Kier alpha value is -0.995. The minimum absolute atomic E-state index is 0.512. The number of phenolic OH excluding ortho intramolecular Hbond substituents is 1. The van der Waals surface area contributed by atoms with E-state index >= 15 is 0 Å². The van der Waals surface area contributed by atoms with Crippen LogP contribution in [0.15, 0.2) is 12.1 Å². The zero-order chi connectivity index (χ0) is 13.8. The molecule has 0 aliphatic carbocycles. The van der Waals surface area contributed by atoms with Crippen molar-refractivity contribution < 1.29 is 5.11 Å². The Morgan fingerprint density at radius 3 is 2.68 bits per heavy atom. The van der Waals surface area contributed by atoms with Gasteiger partial charge in [-0.2, -0.15) is 0 Å². The highest BCUT2D eigenvalue weighted by atomic mass is 16.3. The quantitative estimate of drug-likeness (QED) is 0.741. The number of benzene rings is 1. The smallest absolute Gasteiger partial charge is 0.121 e. The van der Waals surface area contributed by atoms with Crippen LogP contribution in [-0.4, -0.2) is 44.0 Å². The Morgan fingerprint density at radius 2 is 2.05 bits per heavy atom. The van der Waals surface area contributed by atoms with Crippen LogP contribution < -0.4 is 5.73 Å². The summed E-state index contributed by atoms with van der Waals surface area (Å²) < 4.78 is 0. The molecule has 1 aliphatic heterocycles. The number of phenols is 1. The maximum Gasteiger partial charge on any atom is 0.121 e. The van der Waals surface area contributed by atoms with Crippen molar-refractivity contribution in [2.24, 2.45) is 11.7 Å². The van der Waals surface area contributed by atoms with Crippen molar-refractivity contribution >= 4 is 7.85 Å². The molecule has 1 heterocycles. The molecule has 4 heteroatoms. The van der Waals surface area contributed by atoms with Crippen LogP contribution >= 0.6 is 0 Å². The fourth-order valence-electron chi connectivity index (χ4n) is 2.97. The maximum absolute atomic E-state index is 10.2. The average molecular weight is 260 g/mol. The minimum atomic E-state index is 0.512. The van der Waals surface area contributed by atoms with Gasteiger partial charge >= 0.3 is 0 Å². The molecule has 1 aromatic rings. The summed E-state index contributed by atoms with van der Waals surface area (Å²) in [5.41, 5.74) is 9.01. The van der Waals surface area contributed by atoms with Crippen LogP contribution in [0.1, 0.15) is 16.7 Å². The fourth-order valence-corrected chi connectivity index (χ4v) is 2.97. The molecule has 0 unspecified atom stereocenters. The number of likely N-dealkylation sites (tertiary alicyclic amines) is 1. The number of aryl methyl sites for hydroxylation is 1. The number of hydrogen-bond acceptors (Lipinski definition) is 3. The predicted molar refractivity (Wildman–Crippen MR) is 82.6 cm³/mol. The highest BCUT2D eigenvalue weighted by Gasteiger charge is 2.26. The molecule has 3 N–H and O–H groups in total. The van der Waals surface area contributed by atoms with Gasteiger partial charge in [-0.1, -0.05) is 18.5 Å². The highest BCUT2D eigenvalue weighted by molar-refractivity contribution is 6.08. The number of rotatable bonds is 6. The fraction of sp³-hybridized carbons (Fsp3) is 0.600. The molecule has 0 bridgehead atoms. The molecule has 0 atom stereocenters. The largest absolute Gasteiger partial charge is 0.507 e. The van der Waals surface area contributed by atoms with Crippen LogP contribution in [0.4, 0.5) is 0 Å². The van der Waals surface area contributed by atoms with E-state index < -0.39 is 0 Å². The normalized spacial score (nSPS) is 16.5. The molecule has 1 fully saturated rings. The van der Waals surface area contributed by atoms with Crippen LogP contribution in [0.25, 0.3) is 0 Å². The Labute approximate surface area is 117 Å². The average Bonchev–Trinajstić information content (AvgIpc) is 2.35. The molecule has 1 saturated heterocycles. The summed E-state index contributed by atoms with van der Waals surface area (Å²) in [5.74, 6) is 1.24. The summed E-state index contributed by atoms with van der Waals surface area (Å²) in [6.07, 6.45) is 3.11. The summed E-state index contributed by atoms with van der Waals surface area (Å²) in [7, 11) is 2.14. The van der Waals surface area contributed by atoms with Gasteiger partial charge in [-0.25, -0.2) is 0 Å². The standard InChI is InChI=1S/C15H25BN2O/c1-11-14(3-2-13(4-5-16)15(11)19)8-12-9-18(10-12)7-6-17/h2-3,12,19H,4-10,16-17H2,1H3. The Morgan fingerprint density at radius 1 is 1.37 bits per heavy atom. The van der Waals surface area contributed by atoms with E-state index in [4.69, 9.17) is 5.73 Å². The van der Waals surface area contributed by atoms with Gasteiger partial charge in [0, 0.05) is 26.2 Å². The number of hydrogen-bond donors (Lipinski definition) is 2. The van der Waals surface area contributed by atoms with Crippen molar-refractivity contribution in [3.8, 4) is 5.75 Å². The second-order valence-corrected chi connectivity index (χ2v) is 5.73. The molecule has 0 spiro atoms. The van der Waals surface area contributed by atoms with Crippen molar-refractivity contribution in [1.82, 2.24) is 4.90 Å². The van der Waals surface area contributed by atoms with Crippen molar-refractivity contribution in [2.75, 3.05) is 26.2 Å². The van der Waals surface area contributed by atoms with E-state index in [9.17, 15) is 5.11 Å². The molecule has 0 saturated carbocycles. The van der Waals surface area contributed by atoms with Gasteiger partial charge in [-0.3, -0.25) is 0 Å². The van der Waals surface area contributed by atoms with E-state index in [1.807, 2.05) is 6.92 Å². The van der Waals surface area contributed by atoms with Gasteiger partial charge in [0.1, 0.15) is 13.6 Å². The highest BCUT2D eigenvalue weighted by Crippen LogP contribution is 2.29. The number of nitrogens with zero attached hydrogens (tertiary/aromatic N) is 1. The molecule has 19 heavy (non-hydrogen) atoms. The lowest BCUT2D eigenvalue weighted by molar-refractivity contribution is 0.105.